The number of carbonyl (C=O) groups is 2. The van der Waals surface area contributed by atoms with Crippen molar-refractivity contribution in [2.75, 3.05) is 11.9 Å². The predicted molar refractivity (Wildman–Crippen MR) is 113 cm³/mol. The summed E-state index contributed by atoms with van der Waals surface area (Å²) in [6.07, 6.45) is 5.55. The van der Waals surface area contributed by atoms with Crippen LogP contribution in [0.25, 0.3) is 0 Å². The van der Waals surface area contributed by atoms with Gasteiger partial charge in [0.15, 0.2) is 6.61 Å². The summed E-state index contributed by atoms with van der Waals surface area (Å²) >= 11 is 0. The van der Waals surface area contributed by atoms with Crippen LogP contribution in [0.4, 0.5) is 5.69 Å². The summed E-state index contributed by atoms with van der Waals surface area (Å²) in [6.45, 7) is 0.966. The lowest BCUT2D eigenvalue weighted by Crippen LogP contribution is -2.28. The fourth-order valence-electron chi connectivity index (χ4n) is 3.10. The van der Waals surface area contributed by atoms with Crippen molar-refractivity contribution in [1.82, 2.24) is 15.1 Å². The number of carbonyl (C=O) groups excluding carboxylic acids is 2. The van der Waals surface area contributed by atoms with E-state index in [1.807, 2.05) is 47.3 Å². The van der Waals surface area contributed by atoms with E-state index < -0.39 is 0 Å². The molecule has 30 heavy (non-hydrogen) atoms. The molecule has 1 fully saturated rings. The average Bonchev–Trinajstić information content (AvgIpc) is 3.49. The van der Waals surface area contributed by atoms with Gasteiger partial charge in [-0.25, -0.2) is 0 Å². The van der Waals surface area contributed by atoms with Crippen molar-refractivity contribution in [3.63, 3.8) is 0 Å². The molecule has 0 radical (unpaired) electrons. The van der Waals surface area contributed by atoms with E-state index in [-0.39, 0.29) is 24.3 Å². The molecule has 1 heterocycles. The lowest BCUT2D eigenvalue weighted by Gasteiger charge is -2.12. The molecule has 0 atom stereocenters. The number of amides is 2. The number of hydrogen-bond donors (Lipinski definition) is 2. The third-order valence-corrected chi connectivity index (χ3v) is 4.91. The number of nitrogens with one attached hydrogen (secondary N) is 2. The summed E-state index contributed by atoms with van der Waals surface area (Å²) in [7, 11) is 0. The van der Waals surface area contributed by atoms with Crippen LogP contribution in [-0.4, -0.2) is 28.2 Å². The van der Waals surface area contributed by atoms with E-state index in [0.29, 0.717) is 24.5 Å². The zero-order chi connectivity index (χ0) is 20.8. The molecule has 4 rings (SSSR count). The van der Waals surface area contributed by atoms with E-state index in [9.17, 15) is 9.59 Å². The number of ether oxygens (including phenoxy) is 1. The highest BCUT2D eigenvalue weighted by atomic mass is 16.5. The monoisotopic (exact) mass is 404 g/mol. The maximum atomic E-state index is 12.3. The zero-order valence-corrected chi connectivity index (χ0v) is 16.6. The van der Waals surface area contributed by atoms with Crippen LogP contribution in [0.5, 0.6) is 5.75 Å². The highest BCUT2D eigenvalue weighted by Crippen LogP contribution is 2.30. The van der Waals surface area contributed by atoms with Gasteiger partial charge in [0.2, 0.25) is 5.91 Å². The third kappa shape index (κ3) is 5.47. The largest absolute Gasteiger partial charge is 0.484 e. The van der Waals surface area contributed by atoms with Gasteiger partial charge in [-0.1, -0.05) is 30.3 Å². The predicted octanol–water partition coefficient (Wildman–Crippen LogP) is 2.98. The van der Waals surface area contributed by atoms with Crippen LogP contribution >= 0.6 is 0 Å². The molecular weight excluding hydrogens is 380 g/mol. The lowest BCUT2D eigenvalue weighted by molar-refractivity contribution is -0.123. The first-order valence-electron chi connectivity index (χ1n) is 10.0. The van der Waals surface area contributed by atoms with Crippen molar-refractivity contribution in [2.45, 2.75) is 25.9 Å². The molecule has 2 aromatic carbocycles. The Balaban J connectivity index is 1.27. The summed E-state index contributed by atoms with van der Waals surface area (Å²) in [5.41, 5.74) is 2.81. The van der Waals surface area contributed by atoms with E-state index >= 15 is 0 Å². The van der Waals surface area contributed by atoms with Gasteiger partial charge in [-0.3, -0.25) is 14.3 Å². The van der Waals surface area contributed by atoms with Gasteiger partial charge in [-0.05, 0) is 42.2 Å². The molecule has 0 aliphatic heterocycles. The van der Waals surface area contributed by atoms with Gasteiger partial charge in [0.1, 0.15) is 5.75 Å². The van der Waals surface area contributed by atoms with Crippen molar-refractivity contribution in [3.8, 4) is 5.75 Å². The number of benzene rings is 2. The Labute approximate surface area is 175 Å². The average molecular weight is 404 g/mol. The molecule has 1 aromatic heterocycles. The number of nitrogens with zero attached hydrogens (tertiary/aromatic N) is 2. The van der Waals surface area contributed by atoms with Crippen molar-refractivity contribution in [3.05, 3.63) is 78.1 Å². The Hall–Kier alpha value is -3.61. The molecule has 1 saturated carbocycles. The molecule has 154 valence electrons. The molecular formula is C23H24N4O3. The molecule has 0 spiro atoms. The van der Waals surface area contributed by atoms with Gasteiger partial charge in [0, 0.05) is 36.6 Å². The van der Waals surface area contributed by atoms with Crippen molar-refractivity contribution in [2.24, 2.45) is 5.92 Å². The minimum Gasteiger partial charge on any atom is -0.484 e. The first-order chi connectivity index (χ1) is 14.7. The maximum absolute atomic E-state index is 12.3. The van der Waals surface area contributed by atoms with Crippen LogP contribution < -0.4 is 15.4 Å². The molecule has 1 aliphatic carbocycles. The van der Waals surface area contributed by atoms with E-state index in [2.05, 4.69) is 15.7 Å². The minimum atomic E-state index is -0.212. The number of anilines is 1. The van der Waals surface area contributed by atoms with Crippen LogP contribution in [-0.2, 0) is 22.7 Å². The van der Waals surface area contributed by atoms with Gasteiger partial charge in [0.05, 0.1) is 6.54 Å². The SMILES string of the molecule is O=C(COc1cccc(NC(=O)C2CC2)c1)NCc1ccccc1Cn1cccn1. The van der Waals surface area contributed by atoms with Gasteiger partial charge in [0.25, 0.3) is 5.91 Å². The second-order valence-corrected chi connectivity index (χ2v) is 7.33. The Morgan fingerprint density at radius 2 is 1.90 bits per heavy atom. The number of hydrogen-bond acceptors (Lipinski definition) is 4. The Morgan fingerprint density at radius 3 is 2.67 bits per heavy atom. The maximum Gasteiger partial charge on any atom is 0.258 e. The second kappa shape index (κ2) is 9.26. The first-order valence-corrected chi connectivity index (χ1v) is 10.0. The van der Waals surface area contributed by atoms with E-state index in [1.54, 1.807) is 24.4 Å². The number of rotatable bonds is 9. The van der Waals surface area contributed by atoms with E-state index in [0.717, 1.165) is 24.0 Å². The fraction of sp³-hybridized carbons (Fsp3) is 0.261. The smallest absolute Gasteiger partial charge is 0.258 e. The Morgan fingerprint density at radius 1 is 1.07 bits per heavy atom. The van der Waals surface area contributed by atoms with Gasteiger partial charge >= 0.3 is 0 Å². The van der Waals surface area contributed by atoms with Crippen molar-refractivity contribution < 1.29 is 14.3 Å². The van der Waals surface area contributed by atoms with Crippen LogP contribution in [0.2, 0.25) is 0 Å². The number of aromatic nitrogens is 2. The lowest BCUT2D eigenvalue weighted by atomic mass is 10.1. The van der Waals surface area contributed by atoms with E-state index in [1.165, 1.54) is 0 Å². The summed E-state index contributed by atoms with van der Waals surface area (Å²) in [4.78, 5) is 24.1. The summed E-state index contributed by atoms with van der Waals surface area (Å²) in [5.74, 6) is 0.504. The molecule has 7 nitrogen and oxygen atoms in total. The quantitative estimate of drug-likeness (QED) is 0.574. The molecule has 3 aromatic rings. The Bertz CT molecular complexity index is 1010. The molecule has 2 amide bonds. The molecule has 0 saturated heterocycles. The first kappa shape index (κ1) is 19.7. The standard InChI is InChI=1S/C23H24N4O3/c28-22(16-30-21-8-3-7-20(13-21)26-23(29)17-9-10-17)24-14-18-5-1-2-6-19(18)15-27-12-4-11-25-27/h1-8,11-13,17H,9-10,14-16H2,(H,24,28)(H,26,29). The van der Waals surface area contributed by atoms with Crippen LogP contribution in [0.15, 0.2) is 67.0 Å². The Kier molecular flexibility index (Phi) is 6.08. The van der Waals surface area contributed by atoms with Gasteiger partial charge in [-0.2, -0.15) is 5.10 Å². The topological polar surface area (TPSA) is 85.2 Å². The summed E-state index contributed by atoms with van der Waals surface area (Å²) in [5, 5.41) is 10.0. The van der Waals surface area contributed by atoms with Crippen LogP contribution in [0.3, 0.4) is 0 Å². The molecule has 7 heteroatoms. The third-order valence-electron chi connectivity index (χ3n) is 4.91. The highest BCUT2D eigenvalue weighted by molar-refractivity contribution is 5.94. The second-order valence-electron chi connectivity index (χ2n) is 7.33. The van der Waals surface area contributed by atoms with Crippen LogP contribution in [0, 0.1) is 5.92 Å². The minimum absolute atomic E-state index is 0.0404. The van der Waals surface area contributed by atoms with Crippen molar-refractivity contribution >= 4 is 17.5 Å². The van der Waals surface area contributed by atoms with Crippen LogP contribution in [0.1, 0.15) is 24.0 Å². The zero-order valence-electron chi connectivity index (χ0n) is 16.6. The normalized spacial score (nSPS) is 12.9. The fourth-order valence-corrected chi connectivity index (χ4v) is 3.10. The molecule has 0 unspecified atom stereocenters. The van der Waals surface area contributed by atoms with E-state index in [4.69, 9.17) is 4.74 Å². The summed E-state index contributed by atoms with van der Waals surface area (Å²) < 4.78 is 7.44. The molecule has 2 N–H and O–H groups in total. The summed E-state index contributed by atoms with van der Waals surface area (Å²) in [6, 6.07) is 16.9. The van der Waals surface area contributed by atoms with Gasteiger partial charge < -0.3 is 15.4 Å². The van der Waals surface area contributed by atoms with Gasteiger partial charge in [-0.15, -0.1) is 0 Å². The van der Waals surface area contributed by atoms with Crippen molar-refractivity contribution in [1.29, 1.82) is 0 Å². The highest BCUT2D eigenvalue weighted by Gasteiger charge is 2.29. The molecule has 0 bridgehead atoms. The molecule has 1 aliphatic rings.